The van der Waals surface area contributed by atoms with Crippen LogP contribution in [0.15, 0.2) is 54.6 Å². The molecule has 9 nitrogen and oxygen atoms in total. The van der Waals surface area contributed by atoms with E-state index in [1.165, 1.54) is 28.5 Å². The van der Waals surface area contributed by atoms with E-state index in [0.29, 0.717) is 50.4 Å². The maximum Gasteiger partial charge on any atom is 0.416 e. The number of amides is 1. The molecular weight excluding hydrogens is 720 g/mol. The van der Waals surface area contributed by atoms with Crippen molar-refractivity contribution in [2.24, 2.45) is 0 Å². The van der Waals surface area contributed by atoms with Crippen molar-refractivity contribution in [1.29, 1.82) is 0 Å². The van der Waals surface area contributed by atoms with Gasteiger partial charge in [-0.25, -0.2) is 10.0 Å². The molecular formula is C33H33Cl2F3N6O3S2. The van der Waals surface area contributed by atoms with E-state index in [2.05, 4.69) is 31.5 Å². The quantitative estimate of drug-likeness (QED) is 0.160. The van der Waals surface area contributed by atoms with Gasteiger partial charge in [0.25, 0.3) is 16.1 Å². The van der Waals surface area contributed by atoms with Crippen LogP contribution in [0, 0.1) is 11.8 Å². The molecule has 3 N–H and O–H groups in total. The van der Waals surface area contributed by atoms with E-state index >= 15 is 0 Å². The zero-order valence-electron chi connectivity index (χ0n) is 26.7. The molecule has 0 saturated carbocycles. The third kappa shape index (κ3) is 9.43. The third-order valence-corrected chi connectivity index (χ3v) is 10.3. The van der Waals surface area contributed by atoms with Crippen molar-refractivity contribution < 1.29 is 26.4 Å². The van der Waals surface area contributed by atoms with Gasteiger partial charge in [0.2, 0.25) is 0 Å². The lowest BCUT2D eigenvalue weighted by Crippen LogP contribution is -2.50. The van der Waals surface area contributed by atoms with Crippen molar-refractivity contribution in [2.45, 2.75) is 58.3 Å². The van der Waals surface area contributed by atoms with Gasteiger partial charge in [0, 0.05) is 41.3 Å². The molecule has 2 aromatic heterocycles. The lowest BCUT2D eigenvalue weighted by Gasteiger charge is -2.37. The Morgan fingerprint density at radius 1 is 1.02 bits per heavy atom. The fraction of sp³-hybridized carbons (Fsp3) is 0.333. The molecule has 0 aliphatic carbocycles. The average molecular weight is 754 g/mol. The lowest BCUT2D eigenvalue weighted by molar-refractivity contribution is -0.137. The summed E-state index contributed by atoms with van der Waals surface area (Å²) in [5.74, 6) is 5.30. The van der Waals surface area contributed by atoms with E-state index in [1.54, 1.807) is 51.1 Å². The van der Waals surface area contributed by atoms with Crippen molar-refractivity contribution in [1.82, 2.24) is 24.7 Å². The molecule has 2 aromatic carbocycles. The second kappa shape index (κ2) is 14.8. The number of carbonyl (C=O) groups excluding carboxylic acids is 1. The van der Waals surface area contributed by atoms with E-state index in [0.717, 1.165) is 31.4 Å². The molecule has 0 spiro atoms. The van der Waals surface area contributed by atoms with Crippen LogP contribution in [-0.2, 0) is 22.9 Å². The smallest absolute Gasteiger partial charge is 0.276 e. The number of nitrogens with zero attached hydrogens (tertiary/aromatic N) is 3. The summed E-state index contributed by atoms with van der Waals surface area (Å²) >= 11 is 14.0. The summed E-state index contributed by atoms with van der Waals surface area (Å²) in [6, 6.07) is 12.8. The molecule has 16 heteroatoms. The first-order valence-electron chi connectivity index (χ1n) is 15.2. The van der Waals surface area contributed by atoms with Gasteiger partial charge < -0.3 is 0 Å². The third-order valence-electron chi connectivity index (χ3n) is 7.29. The number of rotatable bonds is 8. The van der Waals surface area contributed by atoms with E-state index in [4.69, 9.17) is 23.2 Å². The number of nitrogens with one attached hydrogen (secondary N) is 3. The second-order valence-electron chi connectivity index (χ2n) is 12.3. The SMILES string of the molecule is CC(C)(C)NS(=O)(=O)NCc1c(C(=O)N(c2ccc(Cl)cc2Cl)N2CCCCC2)n[nH]c1-c1ccc(C#Cc2ccc(C(F)(F)F)cc2)s1. The highest BCUT2D eigenvalue weighted by molar-refractivity contribution is 7.87. The molecule has 0 bridgehead atoms. The number of benzene rings is 2. The van der Waals surface area contributed by atoms with Gasteiger partial charge in [-0.1, -0.05) is 41.5 Å². The molecule has 4 aromatic rings. The molecule has 1 aliphatic heterocycles. The first kappa shape index (κ1) is 36.9. The summed E-state index contributed by atoms with van der Waals surface area (Å²) in [6.45, 7) is 6.00. The Bertz CT molecular complexity index is 1990. The molecule has 1 saturated heterocycles. The fourth-order valence-electron chi connectivity index (χ4n) is 5.16. The molecule has 0 radical (unpaired) electrons. The van der Waals surface area contributed by atoms with Crippen LogP contribution >= 0.6 is 34.5 Å². The molecule has 260 valence electrons. The Hall–Kier alpha value is -3.42. The minimum absolute atomic E-state index is 0.0177. The number of aromatic amines is 1. The van der Waals surface area contributed by atoms with Gasteiger partial charge in [-0.3, -0.25) is 9.89 Å². The monoisotopic (exact) mass is 752 g/mol. The van der Waals surface area contributed by atoms with Gasteiger partial charge in [-0.05, 0) is 88.2 Å². The molecule has 5 rings (SSSR count). The molecule has 0 atom stereocenters. The highest BCUT2D eigenvalue weighted by atomic mass is 35.5. The second-order valence-corrected chi connectivity index (χ2v) is 15.7. The first-order chi connectivity index (χ1) is 23.0. The Morgan fingerprint density at radius 3 is 2.35 bits per heavy atom. The van der Waals surface area contributed by atoms with Crippen LogP contribution in [0.3, 0.4) is 0 Å². The number of thiophene rings is 1. The number of aromatic nitrogens is 2. The van der Waals surface area contributed by atoms with Crippen molar-refractivity contribution in [3.8, 4) is 22.4 Å². The van der Waals surface area contributed by atoms with Crippen molar-refractivity contribution in [2.75, 3.05) is 18.1 Å². The lowest BCUT2D eigenvalue weighted by atomic mass is 10.1. The fourth-order valence-corrected chi connectivity index (χ4v) is 7.74. The summed E-state index contributed by atoms with van der Waals surface area (Å²) in [6.07, 6.45) is -1.72. The molecule has 1 amide bonds. The van der Waals surface area contributed by atoms with Crippen LogP contribution in [0.1, 0.15) is 72.1 Å². The number of halogens is 5. The van der Waals surface area contributed by atoms with Gasteiger partial charge in [-0.15, -0.1) is 11.3 Å². The van der Waals surface area contributed by atoms with Crippen LogP contribution in [0.4, 0.5) is 18.9 Å². The molecule has 1 aliphatic rings. The topological polar surface area (TPSA) is 110 Å². The zero-order valence-corrected chi connectivity index (χ0v) is 29.9. The van der Waals surface area contributed by atoms with Crippen LogP contribution in [-0.4, -0.2) is 48.2 Å². The first-order valence-corrected chi connectivity index (χ1v) is 18.3. The van der Waals surface area contributed by atoms with Crippen molar-refractivity contribution >= 4 is 56.3 Å². The van der Waals surface area contributed by atoms with Gasteiger partial charge in [-0.2, -0.15) is 36.1 Å². The van der Waals surface area contributed by atoms with Crippen LogP contribution in [0.2, 0.25) is 10.0 Å². The summed E-state index contributed by atoms with van der Waals surface area (Å²) in [5, 5.41) is 11.3. The Labute approximate surface area is 296 Å². The highest BCUT2D eigenvalue weighted by Gasteiger charge is 2.33. The van der Waals surface area contributed by atoms with Gasteiger partial charge in [0.15, 0.2) is 5.69 Å². The summed E-state index contributed by atoms with van der Waals surface area (Å²) in [4.78, 5) is 15.7. The number of hydrazine groups is 1. The summed E-state index contributed by atoms with van der Waals surface area (Å²) in [7, 11) is -4.01. The van der Waals surface area contributed by atoms with Gasteiger partial charge in [0.05, 0.1) is 31.7 Å². The predicted octanol–water partition coefficient (Wildman–Crippen LogP) is 7.63. The standard InChI is InChI=1S/C33H33Cl2F3N6O3S2/c1-32(2,3)42-49(46,47)39-20-25-29(28-16-14-24(48-28)13-9-21-7-10-22(11-8-21)33(36,37)38)40-41-30(25)31(45)44(43-17-5-4-6-18-43)27-15-12-23(34)19-26(27)35/h7-8,10-12,14-16,19,39,42H,4-6,17-18,20H2,1-3H3,(H,40,41). The summed E-state index contributed by atoms with van der Waals surface area (Å²) in [5.41, 5.74) is -0.0578. The Morgan fingerprint density at radius 2 is 1.71 bits per heavy atom. The molecule has 3 heterocycles. The molecule has 49 heavy (non-hydrogen) atoms. The molecule has 0 unspecified atom stereocenters. The summed E-state index contributed by atoms with van der Waals surface area (Å²) < 4.78 is 69.9. The highest BCUT2D eigenvalue weighted by Crippen LogP contribution is 2.35. The number of alkyl halides is 3. The van der Waals surface area contributed by atoms with Crippen LogP contribution in [0.25, 0.3) is 10.6 Å². The maximum absolute atomic E-state index is 14.5. The number of hydrogen-bond donors (Lipinski definition) is 3. The van der Waals surface area contributed by atoms with E-state index in [9.17, 15) is 26.4 Å². The van der Waals surface area contributed by atoms with Crippen LogP contribution in [0.5, 0.6) is 0 Å². The van der Waals surface area contributed by atoms with Crippen molar-refractivity contribution in [3.05, 3.63) is 91.9 Å². The number of hydrogen-bond acceptors (Lipinski definition) is 6. The Kier molecular flexibility index (Phi) is 11.1. The number of carbonyl (C=O) groups is 1. The van der Waals surface area contributed by atoms with E-state index in [1.807, 2.05) is 5.01 Å². The maximum atomic E-state index is 14.5. The van der Waals surface area contributed by atoms with E-state index in [-0.39, 0.29) is 17.3 Å². The number of H-pyrrole nitrogens is 1. The average Bonchev–Trinajstić information content (AvgIpc) is 3.66. The minimum Gasteiger partial charge on any atom is -0.276 e. The largest absolute Gasteiger partial charge is 0.416 e. The van der Waals surface area contributed by atoms with Gasteiger partial charge >= 0.3 is 6.18 Å². The normalized spacial score (nSPS) is 14.4. The van der Waals surface area contributed by atoms with E-state index < -0.39 is 33.4 Å². The Balaban J connectivity index is 1.52. The minimum atomic E-state index is -4.44. The number of anilines is 1. The number of piperidine rings is 1. The van der Waals surface area contributed by atoms with Gasteiger partial charge in [0.1, 0.15) is 0 Å². The van der Waals surface area contributed by atoms with Crippen LogP contribution < -0.4 is 14.5 Å². The zero-order chi connectivity index (χ0) is 35.6. The predicted molar refractivity (Wildman–Crippen MR) is 187 cm³/mol. The molecule has 1 fully saturated rings. The van der Waals surface area contributed by atoms with Crippen molar-refractivity contribution in [3.63, 3.8) is 0 Å².